The Kier molecular flexibility index (Phi) is 9.16. The highest BCUT2D eigenvalue weighted by Crippen LogP contribution is 2.25. The van der Waals surface area contributed by atoms with E-state index in [4.69, 9.17) is 4.74 Å². The summed E-state index contributed by atoms with van der Waals surface area (Å²) in [5, 5.41) is 3.03. The molecule has 0 aliphatic carbocycles. The van der Waals surface area contributed by atoms with Crippen molar-refractivity contribution in [1.29, 1.82) is 0 Å². The Morgan fingerprint density at radius 1 is 1.18 bits per heavy atom. The number of hydrogen-bond donors (Lipinski definition) is 2. The number of hydrogen-bond acceptors (Lipinski definition) is 4. The molecule has 0 radical (unpaired) electrons. The molecule has 1 aromatic heterocycles. The minimum absolute atomic E-state index is 0.0350. The first-order valence-electron chi connectivity index (χ1n) is 11.7. The van der Waals surface area contributed by atoms with Gasteiger partial charge in [-0.25, -0.2) is 9.37 Å². The second-order valence-electron chi connectivity index (χ2n) is 8.84. The van der Waals surface area contributed by atoms with E-state index in [1.807, 2.05) is 54.8 Å². The topological polar surface area (TPSA) is 56.1 Å². The number of aromatic nitrogens is 2. The van der Waals surface area contributed by atoms with E-state index in [2.05, 4.69) is 36.8 Å². The van der Waals surface area contributed by atoms with Crippen molar-refractivity contribution in [3.05, 3.63) is 71.3 Å². The van der Waals surface area contributed by atoms with Gasteiger partial charge in [-0.05, 0) is 43.4 Å². The minimum atomic E-state index is -0.294. The van der Waals surface area contributed by atoms with Crippen molar-refractivity contribution >= 4 is 18.5 Å². The second-order valence-corrected chi connectivity index (χ2v) is 9.21. The van der Waals surface area contributed by atoms with Crippen LogP contribution < -0.4 is 10.1 Å². The maximum atomic E-state index is 15.1. The predicted molar refractivity (Wildman–Crippen MR) is 138 cm³/mol. The maximum Gasteiger partial charge on any atom is 0.297 e. The first-order valence-corrected chi connectivity index (χ1v) is 12.4. The number of carbonyl (C=O) groups is 1. The number of carbonyl (C=O) groups excluding carboxylic acids is 1. The largest absolute Gasteiger partial charge is 0.465 e. The fourth-order valence-corrected chi connectivity index (χ4v) is 4.32. The Morgan fingerprint density at radius 2 is 1.91 bits per heavy atom. The molecule has 2 aromatic carbocycles. The number of amides is 1. The number of halogens is 1. The minimum Gasteiger partial charge on any atom is -0.465 e. The van der Waals surface area contributed by atoms with Crippen LogP contribution in [0.2, 0.25) is 0 Å². The Bertz CT molecular complexity index is 1100. The summed E-state index contributed by atoms with van der Waals surface area (Å²) in [4.78, 5) is 17.3. The molecule has 1 heterocycles. The highest BCUT2D eigenvalue weighted by molar-refractivity contribution is 7.80. The van der Waals surface area contributed by atoms with Gasteiger partial charge in [0.25, 0.3) is 6.01 Å². The number of thiol groups is 1. The van der Waals surface area contributed by atoms with Gasteiger partial charge in [-0.15, -0.1) is 0 Å². The number of nitrogens with zero attached hydrogens (tertiary/aromatic N) is 2. The van der Waals surface area contributed by atoms with Crippen molar-refractivity contribution in [2.24, 2.45) is 11.8 Å². The van der Waals surface area contributed by atoms with Crippen LogP contribution in [0.1, 0.15) is 44.1 Å². The van der Waals surface area contributed by atoms with Gasteiger partial charge in [-0.1, -0.05) is 56.3 Å². The molecule has 0 saturated carbocycles. The highest BCUT2D eigenvalue weighted by Gasteiger charge is 2.21. The summed E-state index contributed by atoms with van der Waals surface area (Å²) in [5.74, 6) is 0.408. The molecule has 0 spiro atoms. The van der Waals surface area contributed by atoms with Crippen molar-refractivity contribution in [2.75, 3.05) is 12.4 Å². The molecule has 1 atom stereocenters. The van der Waals surface area contributed by atoms with Crippen LogP contribution in [0, 0.1) is 24.6 Å². The average Bonchev–Trinajstić information content (AvgIpc) is 3.11. The molecule has 182 valence electrons. The zero-order chi connectivity index (χ0) is 24.7. The Morgan fingerprint density at radius 3 is 2.53 bits per heavy atom. The van der Waals surface area contributed by atoms with Crippen LogP contribution in [-0.2, 0) is 17.9 Å². The summed E-state index contributed by atoms with van der Waals surface area (Å²) < 4.78 is 22.7. The van der Waals surface area contributed by atoms with Gasteiger partial charge in [-0.2, -0.15) is 12.6 Å². The van der Waals surface area contributed by atoms with Crippen LogP contribution in [0.25, 0.3) is 11.1 Å². The fourth-order valence-electron chi connectivity index (χ4n) is 4.01. The number of aryl methyl sites for hydroxylation is 1. The zero-order valence-corrected chi connectivity index (χ0v) is 21.2. The molecule has 5 nitrogen and oxygen atoms in total. The molecule has 7 heteroatoms. The van der Waals surface area contributed by atoms with Gasteiger partial charge in [0.1, 0.15) is 5.82 Å². The standard InChI is InChI=1S/C27H34FN3O2S/c1-5-33-27-30-19(4)25(15-29-26(32)23(17-34)13-18(2)3)31(27)16-22-12-11-21(14-24(22)28)20-9-7-6-8-10-20/h6-12,14,18,23,34H,5,13,15-17H2,1-4H3,(H,29,32). The van der Waals surface area contributed by atoms with E-state index in [1.54, 1.807) is 12.1 Å². The Balaban J connectivity index is 1.84. The third-order valence-electron chi connectivity index (χ3n) is 5.78. The van der Waals surface area contributed by atoms with Crippen LogP contribution in [-0.4, -0.2) is 27.8 Å². The quantitative estimate of drug-likeness (QED) is 0.346. The number of rotatable bonds is 11. The first-order chi connectivity index (χ1) is 16.3. The fraction of sp³-hybridized carbons (Fsp3) is 0.407. The van der Waals surface area contributed by atoms with Gasteiger partial charge >= 0.3 is 0 Å². The lowest BCUT2D eigenvalue weighted by atomic mass is 9.98. The van der Waals surface area contributed by atoms with Crippen molar-refractivity contribution < 1.29 is 13.9 Å². The number of nitrogens with one attached hydrogen (secondary N) is 1. The molecule has 1 amide bonds. The average molecular weight is 484 g/mol. The third kappa shape index (κ3) is 6.41. The lowest BCUT2D eigenvalue weighted by Gasteiger charge is -2.18. The number of ether oxygens (including phenoxy) is 1. The van der Waals surface area contributed by atoms with Crippen LogP contribution in [0.3, 0.4) is 0 Å². The molecule has 1 unspecified atom stereocenters. The van der Waals surface area contributed by atoms with E-state index in [9.17, 15) is 4.79 Å². The van der Waals surface area contributed by atoms with E-state index in [0.29, 0.717) is 29.9 Å². The Labute approximate surface area is 207 Å². The molecular weight excluding hydrogens is 449 g/mol. The highest BCUT2D eigenvalue weighted by atomic mass is 32.1. The van der Waals surface area contributed by atoms with E-state index >= 15 is 4.39 Å². The lowest BCUT2D eigenvalue weighted by Crippen LogP contribution is -2.33. The molecular formula is C27H34FN3O2S. The van der Waals surface area contributed by atoms with Gasteiger partial charge < -0.3 is 10.1 Å². The molecule has 3 aromatic rings. The first kappa shape index (κ1) is 25.8. The maximum absolute atomic E-state index is 15.1. The zero-order valence-electron chi connectivity index (χ0n) is 20.3. The number of benzene rings is 2. The monoisotopic (exact) mass is 483 g/mol. The van der Waals surface area contributed by atoms with Crippen molar-refractivity contribution in [3.63, 3.8) is 0 Å². The Hall–Kier alpha value is -2.80. The van der Waals surface area contributed by atoms with Crippen LogP contribution in [0.4, 0.5) is 4.39 Å². The lowest BCUT2D eigenvalue weighted by molar-refractivity contribution is -0.124. The normalized spacial score (nSPS) is 12.1. The molecule has 0 aliphatic heterocycles. The summed E-state index contributed by atoms with van der Waals surface area (Å²) >= 11 is 4.35. The molecule has 0 saturated heterocycles. The van der Waals surface area contributed by atoms with E-state index in [-0.39, 0.29) is 30.7 Å². The molecule has 0 aliphatic rings. The molecule has 0 fully saturated rings. The molecule has 3 rings (SSSR count). The molecule has 34 heavy (non-hydrogen) atoms. The summed E-state index contributed by atoms with van der Waals surface area (Å²) in [7, 11) is 0. The molecule has 1 N–H and O–H groups in total. The van der Waals surface area contributed by atoms with E-state index in [0.717, 1.165) is 28.9 Å². The van der Waals surface area contributed by atoms with Crippen LogP contribution in [0.5, 0.6) is 6.01 Å². The predicted octanol–water partition coefficient (Wildman–Crippen LogP) is 5.65. The van der Waals surface area contributed by atoms with Gasteiger partial charge in [-0.3, -0.25) is 9.36 Å². The van der Waals surface area contributed by atoms with E-state index in [1.165, 1.54) is 0 Å². The third-order valence-corrected chi connectivity index (χ3v) is 6.22. The summed E-state index contributed by atoms with van der Waals surface area (Å²) in [6, 6.07) is 15.4. The van der Waals surface area contributed by atoms with E-state index < -0.39 is 0 Å². The van der Waals surface area contributed by atoms with Gasteiger partial charge in [0.05, 0.1) is 31.1 Å². The summed E-state index contributed by atoms with van der Waals surface area (Å²) in [6.07, 6.45) is 0.775. The second kappa shape index (κ2) is 12.1. The van der Waals surface area contributed by atoms with Crippen molar-refractivity contribution in [1.82, 2.24) is 14.9 Å². The van der Waals surface area contributed by atoms with Gasteiger partial charge in [0.2, 0.25) is 5.91 Å². The van der Waals surface area contributed by atoms with Crippen molar-refractivity contribution in [2.45, 2.75) is 47.2 Å². The van der Waals surface area contributed by atoms with Crippen molar-refractivity contribution in [3.8, 4) is 17.1 Å². The SMILES string of the molecule is CCOc1nc(C)c(CNC(=O)C(CS)CC(C)C)n1Cc1ccc(-c2ccccc2)cc1F. The summed E-state index contributed by atoms with van der Waals surface area (Å²) in [6.45, 7) is 8.92. The van der Waals surface area contributed by atoms with Crippen LogP contribution >= 0.6 is 12.6 Å². The smallest absolute Gasteiger partial charge is 0.297 e. The molecule has 0 bridgehead atoms. The van der Waals surface area contributed by atoms with Gasteiger partial charge in [0.15, 0.2) is 0 Å². The summed E-state index contributed by atoms with van der Waals surface area (Å²) in [5.41, 5.74) is 3.86. The van der Waals surface area contributed by atoms with Crippen LogP contribution in [0.15, 0.2) is 48.5 Å². The number of imidazole rings is 1. The van der Waals surface area contributed by atoms with Gasteiger partial charge in [0, 0.05) is 17.2 Å².